The average Bonchev–Trinajstić information content (AvgIpc) is 2.30. The van der Waals surface area contributed by atoms with Crippen LogP contribution in [0, 0.1) is 0 Å². The zero-order valence-corrected chi connectivity index (χ0v) is 8.64. The summed E-state index contributed by atoms with van der Waals surface area (Å²) in [5.41, 5.74) is 1.33. The van der Waals surface area contributed by atoms with E-state index < -0.39 is 0 Å². The Kier molecular flexibility index (Phi) is 2.73. The predicted molar refractivity (Wildman–Crippen MR) is 54.6 cm³/mol. The first-order valence-electron chi connectivity index (χ1n) is 4.13. The van der Waals surface area contributed by atoms with Gasteiger partial charge in [-0.2, -0.15) is 0 Å². The number of hydrogen-bond donors (Lipinski definition) is 0. The van der Waals surface area contributed by atoms with Crippen molar-refractivity contribution in [2.45, 2.75) is 0 Å². The molecule has 0 amide bonds. The zero-order chi connectivity index (χ0) is 10.7. The van der Waals surface area contributed by atoms with Crippen molar-refractivity contribution < 1.29 is 4.74 Å². The lowest BCUT2D eigenvalue weighted by Gasteiger charge is -2.02. The molecule has 2 heterocycles. The van der Waals surface area contributed by atoms with Gasteiger partial charge in [0.2, 0.25) is 0 Å². The first-order chi connectivity index (χ1) is 7.31. The van der Waals surface area contributed by atoms with Crippen LogP contribution in [0.4, 0.5) is 0 Å². The molecule has 2 aromatic rings. The number of halogens is 1. The Bertz CT molecular complexity index is 460. The smallest absolute Gasteiger partial charge is 0.316 e. The van der Waals surface area contributed by atoms with Gasteiger partial charge in [-0.05, 0) is 0 Å². The van der Waals surface area contributed by atoms with E-state index in [4.69, 9.17) is 16.3 Å². The summed E-state index contributed by atoms with van der Waals surface area (Å²) >= 11 is 5.92. The van der Waals surface area contributed by atoms with Crippen LogP contribution in [0.3, 0.4) is 0 Å². The molecular weight excluding hydrogens is 216 g/mol. The molecule has 2 aromatic heterocycles. The molecule has 5 nitrogen and oxygen atoms in total. The number of hydrogen-bond acceptors (Lipinski definition) is 5. The molecule has 0 unspecified atom stereocenters. The zero-order valence-electron chi connectivity index (χ0n) is 7.88. The van der Waals surface area contributed by atoms with Crippen LogP contribution >= 0.6 is 11.6 Å². The second-order valence-electron chi connectivity index (χ2n) is 2.68. The highest BCUT2D eigenvalue weighted by molar-refractivity contribution is 6.32. The summed E-state index contributed by atoms with van der Waals surface area (Å²) in [5, 5.41) is 0.464. The summed E-state index contributed by atoms with van der Waals surface area (Å²) in [6.07, 6.45) is 6.14. The van der Waals surface area contributed by atoms with E-state index in [1.807, 2.05) is 0 Å². The molecule has 15 heavy (non-hydrogen) atoms. The third-order valence-corrected chi connectivity index (χ3v) is 2.03. The lowest BCUT2D eigenvalue weighted by Crippen LogP contribution is -1.93. The Hall–Kier alpha value is -1.75. The molecule has 0 N–H and O–H groups in total. The molecule has 0 spiro atoms. The van der Waals surface area contributed by atoms with Crippen LogP contribution in [0.1, 0.15) is 0 Å². The highest BCUT2D eigenvalue weighted by atomic mass is 35.5. The summed E-state index contributed by atoms with van der Waals surface area (Å²) < 4.78 is 4.85. The molecular formula is C9H7ClN4O. The molecule has 0 aromatic carbocycles. The van der Waals surface area contributed by atoms with Crippen molar-refractivity contribution in [3.63, 3.8) is 0 Å². The fourth-order valence-corrected chi connectivity index (χ4v) is 1.28. The van der Waals surface area contributed by atoms with Crippen molar-refractivity contribution in [3.8, 4) is 17.3 Å². The van der Waals surface area contributed by atoms with Gasteiger partial charge in [-0.25, -0.2) is 19.9 Å². The third kappa shape index (κ3) is 2.02. The highest BCUT2D eigenvalue weighted by Crippen LogP contribution is 2.23. The van der Waals surface area contributed by atoms with E-state index in [1.54, 1.807) is 12.4 Å². The lowest BCUT2D eigenvalue weighted by atomic mass is 10.2. The number of rotatable bonds is 2. The Balaban J connectivity index is 2.42. The van der Waals surface area contributed by atoms with E-state index in [0.29, 0.717) is 16.7 Å². The molecule has 0 aliphatic heterocycles. The van der Waals surface area contributed by atoms with Gasteiger partial charge in [0.05, 0.1) is 17.8 Å². The van der Waals surface area contributed by atoms with Gasteiger partial charge in [0.25, 0.3) is 0 Å². The maximum Gasteiger partial charge on any atom is 0.316 e. The maximum absolute atomic E-state index is 5.92. The Morgan fingerprint density at radius 2 is 1.87 bits per heavy atom. The number of nitrogens with zero attached hydrogens (tertiary/aromatic N) is 4. The normalized spacial score (nSPS) is 10.0. The van der Waals surface area contributed by atoms with Crippen molar-refractivity contribution in [2.75, 3.05) is 7.11 Å². The van der Waals surface area contributed by atoms with Crippen LogP contribution in [-0.4, -0.2) is 27.0 Å². The topological polar surface area (TPSA) is 60.8 Å². The van der Waals surface area contributed by atoms with E-state index in [0.717, 1.165) is 5.56 Å². The van der Waals surface area contributed by atoms with Gasteiger partial charge in [-0.3, -0.25) is 0 Å². The fourth-order valence-electron chi connectivity index (χ4n) is 1.07. The van der Waals surface area contributed by atoms with Gasteiger partial charge in [-0.1, -0.05) is 11.6 Å². The van der Waals surface area contributed by atoms with E-state index in [-0.39, 0.29) is 0 Å². The summed E-state index contributed by atoms with van der Waals surface area (Å²) in [6, 6.07) is 0.309. The summed E-state index contributed by atoms with van der Waals surface area (Å²) in [7, 11) is 1.51. The van der Waals surface area contributed by atoms with Gasteiger partial charge in [0.15, 0.2) is 0 Å². The van der Waals surface area contributed by atoms with Crippen LogP contribution in [0.25, 0.3) is 11.3 Å². The molecule has 0 bridgehead atoms. The van der Waals surface area contributed by atoms with Crippen molar-refractivity contribution in [1.82, 2.24) is 19.9 Å². The monoisotopic (exact) mass is 222 g/mol. The van der Waals surface area contributed by atoms with Crippen LogP contribution < -0.4 is 4.74 Å². The van der Waals surface area contributed by atoms with Gasteiger partial charge in [0, 0.05) is 24.2 Å². The molecule has 0 saturated heterocycles. The number of aromatic nitrogens is 4. The largest absolute Gasteiger partial charge is 0.467 e. The molecule has 6 heteroatoms. The number of methoxy groups -OCH3 is 1. The highest BCUT2D eigenvalue weighted by Gasteiger charge is 2.05. The van der Waals surface area contributed by atoms with Crippen LogP contribution in [0.2, 0.25) is 5.02 Å². The van der Waals surface area contributed by atoms with E-state index >= 15 is 0 Å². The molecule has 0 aliphatic carbocycles. The summed E-state index contributed by atoms with van der Waals surface area (Å²) in [6.45, 7) is 0. The van der Waals surface area contributed by atoms with Gasteiger partial charge >= 0.3 is 6.01 Å². The minimum absolute atomic E-state index is 0.309. The average molecular weight is 223 g/mol. The maximum atomic E-state index is 5.92. The SMILES string of the molecule is COc1ncc(-c2ncncc2Cl)cn1. The quantitative estimate of drug-likeness (QED) is 0.772. The van der Waals surface area contributed by atoms with E-state index in [1.165, 1.54) is 19.6 Å². The van der Waals surface area contributed by atoms with Crippen molar-refractivity contribution in [1.29, 1.82) is 0 Å². The van der Waals surface area contributed by atoms with Crippen LogP contribution in [0.15, 0.2) is 24.9 Å². The Morgan fingerprint density at radius 1 is 1.13 bits per heavy atom. The van der Waals surface area contributed by atoms with Gasteiger partial charge < -0.3 is 4.74 Å². The summed E-state index contributed by atoms with van der Waals surface area (Å²) in [4.78, 5) is 15.8. The van der Waals surface area contributed by atoms with Crippen molar-refractivity contribution >= 4 is 11.6 Å². The minimum atomic E-state index is 0.309. The van der Waals surface area contributed by atoms with E-state index in [2.05, 4.69) is 19.9 Å². The van der Waals surface area contributed by atoms with Gasteiger partial charge in [0.1, 0.15) is 6.33 Å². The minimum Gasteiger partial charge on any atom is -0.467 e. The molecule has 2 rings (SSSR count). The fraction of sp³-hybridized carbons (Fsp3) is 0.111. The molecule has 0 saturated carbocycles. The lowest BCUT2D eigenvalue weighted by molar-refractivity contribution is 0.380. The first kappa shape index (κ1) is 9.79. The van der Waals surface area contributed by atoms with Crippen LogP contribution in [-0.2, 0) is 0 Å². The predicted octanol–water partition coefficient (Wildman–Crippen LogP) is 1.60. The summed E-state index contributed by atoms with van der Waals surface area (Å²) in [5.74, 6) is 0. The van der Waals surface area contributed by atoms with Crippen LogP contribution in [0.5, 0.6) is 6.01 Å². The standard InChI is InChI=1S/C9H7ClN4O/c1-15-9-12-2-6(3-13-9)8-7(10)4-11-5-14-8/h2-5H,1H3. The first-order valence-corrected chi connectivity index (χ1v) is 4.51. The Morgan fingerprint density at radius 3 is 2.47 bits per heavy atom. The second-order valence-corrected chi connectivity index (χ2v) is 3.08. The molecule has 76 valence electrons. The van der Waals surface area contributed by atoms with E-state index in [9.17, 15) is 0 Å². The van der Waals surface area contributed by atoms with Gasteiger partial charge in [-0.15, -0.1) is 0 Å². The molecule has 0 atom stereocenters. The third-order valence-electron chi connectivity index (χ3n) is 1.75. The molecule has 0 radical (unpaired) electrons. The Labute approximate surface area is 91.1 Å². The van der Waals surface area contributed by atoms with Crippen molar-refractivity contribution in [2.24, 2.45) is 0 Å². The van der Waals surface area contributed by atoms with Crippen molar-refractivity contribution in [3.05, 3.63) is 29.9 Å². The molecule has 0 fully saturated rings. The number of ether oxygens (including phenoxy) is 1. The molecule has 0 aliphatic rings. The second kappa shape index (κ2) is 4.18.